The maximum Gasteiger partial charge on any atom is 0.329 e. The molecule has 0 bridgehead atoms. The third kappa shape index (κ3) is 7.83. The van der Waals surface area contributed by atoms with Gasteiger partial charge in [0.05, 0.1) is 12.8 Å². The lowest BCUT2D eigenvalue weighted by atomic mass is 9.59. The SMILES string of the molecule is C[C@@H](COc1ccnc2c1[C@H](C)CCC2)C[C@H]1Cc2ccc(OCCNS(=O)(=O)c3cnn(C)c3)cc2C12CCC(Nc1cccc(Cl)c1)(C(=O)O)CC2. The fourth-order valence-electron chi connectivity index (χ4n) is 9.13. The number of hydrogen-bond donors (Lipinski definition) is 3. The number of nitrogens with one attached hydrogen (secondary N) is 2. The van der Waals surface area contributed by atoms with Crippen molar-refractivity contribution in [2.45, 2.75) is 93.4 Å². The summed E-state index contributed by atoms with van der Waals surface area (Å²) in [5.74, 6) is 1.70. The Labute approximate surface area is 322 Å². The highest BCUT2D eigenvalue weighted by atomic mass is 35.5. The minimum atomic E-state index is -3.71. The molecule has 2 aromatic heterocycles. The summed E-state index contributed by atoms with van der Waals surface area (Å²) in [4.78, 5) is 17.7. The van der Waals surface area contributed by atoms with Gasteiger partial charge in [-0.2, -0.15) is 5.10 Å². The first-order chi connectivity index (χ1) is 25.9. The summed E-state index contributed by atoms with van der Waals surface area (Å²) in [6, 6.07) is 15.4. The van der Waals surface area contributed by atoms with E-state index >= 15 is 0 Å². The van der Waals surface area contributed by atoms with Gasteiger partial charge in [0.1, 0.15) is 28.5 Å². The maximum atomic E-state index is 13.0. The van der Waals surface area contributed by atoms with E-state index in [0.29, 0.717) is 54.7 Å². The van der Waals surface area contributed by atoms with Crippen LogP contribution in [0.25, 0.3) is 0 Å². The Morgan fingerprint density at radius 2 is 1.94 bits per heavy atom. The molecule has 0 radical (unpaired) electrons. The average Bonchev–Trinajstić information content (AvgIpc) is 3.71. The minimum absolute atomic E-state index is 0.0926. The summed E-state index contributed by atoms with van der Waals surface area (Å²) < 4.78 is 42.1. The lowest BCUT2D eigenvalue weighted by Crippen LogP contribution is -2.53. The molecule has 1 fully saturated rings. The molecule has 3 atom stereocenters. The number of pyridine rings is 1. The van der Waals surface area contributed by atoms with E-state index < -0.39 is 21.5 Å². The maximum absolute atomic E-state index is 13.0. The lowest BCUT2D eigenvalue weighted by Gasteiger charge is -2.47. The molecule has 3 N–H and O–H groups in total. The number of benzene rings is 2. The molecule has 4 aromatic rings. The van der Waals surface area contributed by atoms with Gasteiger partial charge in [-0.05, 0) is 128 Å². The monoisotopic (exact) mass is 775 g/mol. The van der Waals surface area contributed by atoms with Crippen LogP contribution < -0.4 is 19.5 Å². The van der Waals surface area contributed by atoms with Crippen LogP contribution in [0.3, 0.4) is 0 Å². The molecule has 0 saturated heterocycles. The first-order valence-corrected chi connectivity index (χ1v) is 20.9. The third-order valence-corrected chi connectivity index (χ3v) is 13.6. The molecule has 288 valence electrons. The lowest BCUT2D eigenvalue weighted by molar-refractivity contribution is -0.144. The summed E-state index contributed by atoms with van der Waals surface area (Å²) in [6.07, 6.45) is 12.0. The first kappa shape index (κ1) is 38.2. The number of carboxylic acids is 1. The van der Waals surface area contributed by atoms with Gasteiger partial charge in [0.25, 0.3) is 0 Å². The Bertz CT molecular complexity index is 2100. The third-order valence-electron chi connectivity index (χ3n) is 11.9. The molecular formula is C41H50ClN5O6S. The van der Waals surface area contributed by atoms with Gasteiger partial charge in [0, 0.05) is 48.0 Å². The van der Waals surface area contributed by atoms with E-state index in [9.17, 15) is 18.3 Å². The summed E-state index contributed by atoms with van der Waals surface area (Å²) >= 11 is 6.28. The van der Waals surface area contributed by atoms with Crippen molar-refractivity contribution in [3.63, 3.8) is 0 Å². The number of carbonyl (C=O) groups is 1. The highest BCUT2D eigenvalue weighted by molar-refractivity contribution is 7.89. The van der Waals surface area contributed by atoms with Crippen LogP contribution in [0.4, 0.5) is 5.69 Å². The second-order valence-electron chi connectivity index (χ2n) is 15.6. The standard InChI is InChI=1S/C41H50ClN5O6S/c1-27(26-53-37-12-17-43-36-9-4-6-28(2)38(36)37)20-30-21-29-10-11-33(52-19-18-45-54(50,51)34-24-44-47(3)25-34)23-35(29)40(30)13-15-41(16-14-40,39(48)49)46-32-8-5-7-31(42)22-32/h5,7-8,10-12,17,22-25,27-28,30,45-46H,4,6,9,13-16,18-21,26H2,1-3H3,(H,48,49)/t27-,28-,30+,40?,41?/m1/s1. The number of aromatic nitrogens is 3. The van der Waals surface area contributed by atoms with Crippen molar-refractivity contribution in [3.8, 4) is 11.5 Å². The molecule has 0 unspecified atom stereocenters. The molecule has 1 saturated carbocycles. The highest BCUT2D eigenvalue weighted by Crippen LogP contribution is 2.57. The smallest absolute Gasteiger partial charge is 0.329 e. The number of nitrogens with zero attached hydrogens (tertiary/aromatic N) is 3. The van der Waals surface area contributed by atoms with Gasteiger partial charge in [-0.15, -0.1) is 0 Å². The molecule has 54 heavy (non-hydrogen) atoms. The Balaban J connectivity index is 1.09. The Morgan fingerprint density at radius 1 is 1.13 bits per heavy atom. The van der Waals surface area contributed by atoms with Crippen molar-refractivity contribution < 1.29 is 27.8 Å². The number of sulfonamides is 1. The molecule has 11 nitrogen and oxygen atoms in total. The van der Waals surface area contributed by atoms with E-state index in [1.165, 1.54) is 33.8 Å². The summed E-state index contributed by atoms with van der Waals surface area (Å²) in [5.41, 5.74) is 4.16. The largest absolute Gasteiger partial charge is 0.493 e. The van der Waals surface area contributed by atoms with Crippen LogP contribution in [-0.4, -0.2) is 59.6 Å². The molecular weight excluding hydrogens is 726 g/mol. The Morgan fingerprint density at radius 3 is 2.69 bits per heavy atom. The van der Waals surface area contributed by atoms with E-state index in [1.807, 2.05) is 30.5 Å². The number of halogens is 1. The normalized spacial score (nSPS) is 24.1. The van der Waals surface area contributed by atoms with Crippen LogP contribution in [0, 0.1) is 11.8 Å². The number of carboxylic acid groups (broad SMARTS) is 1. The van der Waals surface area contributed by atoms with Crippen LogP contribution in [-0.2, 0) is 40.1 Å². The predicted molar refractivity (Wildman–Crippen MR) is 208 cm³/mol. The molecule has 13 heteroatoms. The van der Waals surface area contributed by atoms with Crippen molar-refractivity contribution >= 4 is 33.3 Å². The number of aryl methyl sites for hydroxylation is 2. The second-order valence-corrected chi connectivity index (χ2v) is 17.8. The number of rotatable bonds is 14. The summed E-state index contributed by atoms with van der Waals surface area (Å²) in [5, 5.41) is 18.5. The molecule has 7 rings (SSSR count). The Hall–Kier alpha value is -4.13. The van der Waals surface area contributed by atoms with E-state index in [-0.39, 0.29) is 35.3 Å². The molecule has 3 aliphatic rings. The van der Waals surface area contributed by atoms with Gasteiger partial charge in [0.2, 0.25) is 10.0 Å². The van der Waals surface area contributed by atoms with Crippen LogP contribution in [0.15, 0.2) is 72.0 Å². The number of aliphatic carboxylic acids is 1. The zero-order valence-corrected chi connectivity index (χ0v) is 32.8. The van der Waals surface area contributed by atoms with Crippen molar-refractivity contribution in [3.05, 3.63) is 94.5 Å². The van der Waals surface area contributed by atoms with Gasteiger partial charge >= 0.3 is 5.97 Å². The number of hydrogen-bond acceptors (Lipinski definition) is 8. The number of anilines is 1. The van der Waals surface area contributed by atoms with Gasteiger partial charge in [-0.3, -0.25) is 9.67 Å². The zero-order valence-electron chi connectivity index (χ0n) is 31.2. The molecule has 2 aromatic carbocycles. The van der Waals surface area contributed by atoms with Crippen molar-refractivity contribution in [2.24, 2.45) is 18.9 Å². The quantitative estimate of drug-likeness (QED) is 0.113. The number of fused-ring (bicyclic) bond motifs is 3. The molecule has 0 amide bonds. The fourth-order valence-corrected chi connectivity index (χ4v) is 10.3. The molecule has 2 heterocycles. The van der Waals surface area contributed by atoms with Gasteiger partial charge in [0.15, 0.2) is 0 Å². The van der Waals surface area contributed by atoms with Crippen molar-refractivity contribution in [1.82, 2.24) is 19.5 Å². The van der Waals surface area contributed by atoms with Crippen LogP contribution in [0.5, 0.6) is 11.5 Å². The van der Waals surface area contributed by atoms with E-state index in [4.69, 9.17) is 21.1 Å². The second kappa shape index (κ2) is 15.5. The van der Waals surface area contributed by atoms with Crippen LogP contribution in [0.1, 0.15) is 87.1 Å². The predicted octanol–water partition coefficient (Wildman–Crippen LogP) is 7.29. The first-order valence-electron chi connectivity index (χ1n) is 19.0. The van der Waals surface area contributed by atoms with Crippen LogP contribution >= 0.6 is 11.6 Å². The van der Waals surface area contributed by atoms with E-state index in [0.717, 1.165) is 43.5 Å². The summed E-state index contributed by atoms with van der Waals surface area (Å²) in [7, 11) is -2.04. The van der Waals surface area contributed by atoms with Crippen molar-refractivity contribution in [1.29, 1.82) is 0 Å². The highest BCUT2D eigenvalue weighted by Gasteiger charge is 2.54. The fraction of sp³-hybridized carbons (Fsp3) is 0.488. The average molecular weight is 776 g/mol. The number of ether oxygens (including phenoxy) is 2. The zero-order chi connectivity index (χ0) is 38.1. The van der Waals surface area contributed by atoms with Gasteiger partial charge < -0.3 is 19.9 Å². The minimum Gasteiger partial charge on any atom is -0.493 e. The van der Waals surface area contributed by atoms with Gasteiger partial charge in [-0.1, -0.05) is 37.6 Å². The Kier molecular flexibility index (Phi) is 11.0. The molecule has 1 spiro atoms. The van der Waals surface area contributed by atoms with E-state index in [1.54, 1.807) is 19.2 Å². The molecule has 0 aliphatic heterocycles. The van der Waals surface area contributed by atoms with Gasteiger partial charge in [-0.25, -0.2) is 17.9 Å². The van der Waals surface area contributed by atoms with Crippen molar-refractivity contribution in [2.75, 3.05) is 25.1 Å². The molecule has 3 aliphatic carbocycles. The van der Waals surface area contributed by atoms with E-state index in [2.05, 4.69) is 46.1 Å². The van der Waals surface area contributed by atoms with Crippen LogP contribution in [0.2, 0.25) is 5.02 Å². The summed E-state index contributed by atoms with van der Waals surface area (Å²) in [6.45, 7) is 5.34. The topological polar surface area (TPSA) is 145 Å².